The number of hydrogen-bond acceptors (Lipinski definition) is 2. The minimum Gasteiger partial charge on any atom is -0.321 e. The van der Waals surface area contributed by atoms with Gasteiger partial charge >= 0.3 is 0 Å². The highest BCUT2D eigenvalue weighted by Crippen LogP contribution is 2.18. The van der Waals surface area contributed by atoms with Crippen LogP contribution in [0.1, 0.15) is 25.0 Å². The second-order valence-electron chi connectivity index (χ2n) is 4.45. The van der Waals surface area contributed by atoms with Crippen molar-refractivity contribution in [3.63, 3.8) is 0 Å². The number of halogens is 2. The summed E-state index contributed by atoms with van der Waals surface area (Å²) >= 11 is 6.01. The van der Waals surface area contributed by atoms with E-state index < -0.39 is 6.04 Å². The molecule has 0 amide bonds. The first-order chi connectivity index (χ1) is 7.41. The molecule has 1 aromatic carbocycles. The summed E-state index contributed by atoms with van der Waals surface area (Å²) in [6.07, 6.45) is 0.553. The first-order valence-electron chi connectivity index (χ1n) is 5.46. The lowest BCUT2D eigenvalue weighted by Crippen LogP contribution is -2.35. The summed E-state index contributed by atoms with van der Waals surface area (Å²) in [5.41, 5.74) is 7.89. The van der Waals surface area contributed by atoms with Crippen LogP contribution in [0.25, 0.3) is 0 Å². The molecular weight excluding hydrogens is 257 g/mol. The number of Topliss-reactive ketones (excluding diaryl/α,β-unsaturated/α-hetero) is 1. The maximum absolute atomic E-state index is 11.6. The highest BCUT2D eigenvalue weighted by molar-refractivity contribution is 6.31. The van der Waals surface area contributed by atoms with Crippen LogP contribution in [0, 0.1) is 12.8 Å². The number of ketones is 1. The van der Waals surface area contributed by atoms with Crippen LogP contribution >= 0.6 is 24.0 Å². The molecule has 4 heteroatoms. The lowest BCUT2D eigenvalue weighted by molar-refractivity contribution is -0.123. The summed E-state index contributed by atoms with van der Waals surface area (Å²) in [4.78, 5) is 11.6. The van der Waals surface area contributed by atoms with Crippen molar-refractivity contribution < 1.29 is 4.79 Å². The van der Waals surface area contributed by atoms with Gasteiger partial charge < -0.3 is 5.73 Å². The quantitative estimate of drug-likeness (QED) is 0.917. The van der Waals surface area contributed by atoms with Crippen LogP contribution in [0.5, 0.6) is 0 Å². The van der Waals surface area contributed by atoms with Gasteiger partial charge in [0.2, 0.25) is 0 Å². The lowest BCUT2D eigenvalue weighted by atomic mass is 9.96. The van der Waals surface area contributed by atoms with Gasteiger partial charge in [-0.2, -0.15) is 0 Å². The molecule has 2 N–H and O–H groups in total. The molecule has 0 aliphatic rings. The van der Waals surface area contributed by atoms with Crippen LogP contribution in [0.4, 0.5) is 0 Å². The Labute approximate surface area is 114 Å². The topological polar surface area (TPSA) is 43.1 Å². The molecule has 0 aromatic heterocycles. The normalized spacial score (nSPS) is 12.1. The summed E-state index contributed by atoms with van der Waals surface area (Å²) in [6, 6.07) is 5.36. The SMILES string of the molecule is Cc1ccc(C[C@@H](N)C(=O)C(C)C)cc1Cl.Cl. The molecule has 0 unspecified atom stereocenters. The number of aryl methyl sites for hydroxylation is 1. The van der Waals surface area contributed by atoms with Crippen LogP contribution < -0.4 is 5.73 Å². The molecule has 1 rings (SSSR count). The van der Waals surface area contributed by atoms with Gasteiger partial charge in [-0.15, -0.1) is 12.4 Å². The molecule has 0 radical (unpaired) electrons. The summed E-state index contributed by atoms with van der Waals surface area (Å²) in [5.74, 6) is 0.0765. The Kier molecular flexibility index (Phi) is 6.76. The van der Waals surface area contributed by atoms with E-state index in [1.807, 2.05) is 39.0 Å². The molecule has 0 spiro atoms. The summed E-state index contributed by atoms with van der Waals surface area (Å²) in [6.45, 7) is 5.68. The van der Waals surface area contributed by atoms with Crippen LogP contribution in [0.15, 0.2) is 18.2 Å². The van der Waals surface area contributed by atoms with Crippen LogP contribution in [-0.2, 0) is 11.2 Å². The fourth-order valence-electron chi connectivity index (χ4n) is 1.55. The Bertz CT molecular complexity index is 391. The van der Waals surface area contributed by atoms with E-state index in [2.05, 4.69) is 0 Å². The maximum atomic E-state index is 11.6. The van der Waals surface area contributed by atoms with Crippen molar-refractivity contribution in [2.75, 3.05) is 0 Å². The van der Waals surface area contributed by atoms with Gasteiger partial charge in [0.25, 0.3) is 0 Å². The van der Waals surface area contributed by atoms with Gasteiger partial charge in [0, 0.05) is 10.9 Å². The second-order valence-corrected chi connectivity index (χ2v) is 4.86. The minimum atomic E-state index is -0.432. The Morgan fingerprint density at radius 2 is 2.00 bits per heavy atom. The van der Waals surface area contributed by atoms with E-state index in [1.165, 1.54) is 0 Å². The number of carbonyl (C=O) groups excluding carboxylic acids is 1. The van der Waals surface area contributed by atoms with Crippen LogP contribution in [-0.4, -0.2) is 11.8 Å². The molecule has 1 atom stereocenters. The average molecular weight is 276 g/mol. The zero-order chi connectivity index (χ0) is 12.3. The number of nitrogens with two attached hydrogens (primary N) is 1. The first kappa shape index (κ1) is 16.4. The van der Waals surface area contributed by atoms with Crippen molar-refractivity contribution in [3.8, 4) is 0 Å². The molecule has 0 heterocycles. The van der Waals surface area contributed by atoms with Gasteiger partial charge in [-0.1, -0.05) is 37.6 Å². The fourth-order valence-corrected chi connectivity index (χ4v) is 1.75. The number of hydrogen-bond donors (Lipinski definition) is 1. The van der Waals surface area contributed by atoms with Gasteiger partial charge in [0.15, 0.2) is 5.78 Å². The van der Waals surface area contributed by atoms with Crippen LogP contribution in [0.3, 0.4) is 0 Å². The van der Waals surface area contributed by atoms with E-state index in [4.69, 9.17) is 17.3 Å². The highest BCUT2D eigenvalue weighted by atomic mass is 35.5. The molecule has 0 aliphatic heterocycles. The average Bonchev–Trinajstić information content (AvgIpc) is 2.22. The van der Waals surface area contributed by atoms with E-state index in [1.54, 1.807) is 0 Å². The smallest absolute Gasteiger partial charge is 0.152 e. The van der Waals surface area contributed by atoms with Gasteiger partial charge in [-0.3, -0.25) is 4.79 Å². The van der Waals surface area contributed by atoms with E-state index in [9.17, 15) is 4.79 Å². The monoisotopic (exact) mass is 275 g/mol. The Morgan fingerprint density at radius 3 is 2.47 bits per heavy atom. The van der Waals surface area contributed by atoms with E-state index in [0.29, 0.717) is 6.42 Å². The third-order valence-corrected chi connectivity index (χ3v) is 3.03. The number of carbonyl (C=O) groups is 1. The van der Waals surface area contributed by atoms with Crippen molar-refractivity contribution in [3.05, 3.63) is 34.3 Å². The maximum Gasteiger partial charge on any atom is 0.152 e. The Morgan fingerprint density at radius 1 is 1.41 bits per heavy atom. The molecule has 2 nitrogen and oxygen atoms in total. The molecule has 1 aromatic rings. The molecule has 0 saturated heterocycles. The van der Waals surface area contributed by atoms with Gasteiger partial charge in [-0.25, -0.2) is 0 Å². The zero-order valence-corrected chi connectivity index (χ0v) is 11.9. The molecule has 0 aliphatic carbocycles. The first-order valence-corrected chi connectivity index (χ1v) is 5.84. The zero-order valence-electron chi connectivity index (χ0n) is 10.4. The van der Waals surface area contributed by atoms with Crippen molar-refractivity contribution in [2.45, 2.75) is 33.2 Å². The molecular formula is C13H19Cl2NO. The number of rotatable bonds is 4. The minimum absolute atomic E-state index is 0. The van der Waals surface area contributed by atoms with Gasteiger partial charge in [-0.05, 0) is 30.5 Å². The fraction of sp³-hybridized carbons (Fsp3) is 0.462. The van der Waals surface area contributed by atoms with Crippen molar-refractivity contribution in [2.24, 2.45) is 11.7 Å². The highest BCUT2D eigenvalue weighted by Gasteiger charge is 2.17. The Balaban J connectivity index is 0.00000256. The van der Waals surface area contributed by atoms with Crippen molar-refractivity contribution >= 4 is 29.8 Å². The molecule has 17 heavy (non-hydrogen) atoms. The molecule has 0 saturated carbocycles. The van der Waals surface area contributed by atoms with E-state index >= 15 is 0 Å². The molecule has 0 bridgehead atoms. The van der Waals surface area contributed by atoms with Crippen molar-refractivity contribution in [1.82, 2.24) is 0 Å². The number of benzene rings is 1. The Hall–Kier alpha value is -0.570. The molecule has 0 fully saturated rings. The van der Waals surface area contributed by atoms with E-state index in [-0.39, 0.29) is 24.1 Å². The van der Waals surface area contributed by atoms with E-state index in [0.717, 1.165) is 16.1 Å². The van der Waals surface area contributed by atoms with Gasteiger partial charge in [0.1, 0.15) is 0 Å². The summed E-state index contributed by atoms with van der Waals surface area (Å²) in [7, 11) is 0. The second kappa shape index (κ2) is 7.00. The third-order valence-electron chi connectivity index (χ3n) is 2.63. The predicted molar refractivity (Wildman–Crippen MR) is 75.0 cm³/mol. The third kappa shape index (κ3) is 4.66. The summed E-state index contributed by atoms with van der Waals surface area (Å²) in [5, 5.41) is 0.724. The summed E-state index contributed by atoms with van der Waals surface area (Å²) < 4.78 is 0. The van der Waals surface area contributed by atoms with Gasteiger partial charge in [0.05, 0.1) is 6.04 Å². The van der Waals surface area contributed by atoms with Crippen molar-refractivity contribution in [1.29, 1.82) is 0 Å². The largest absolute Gasteiger partial charge is 0.321 e. The lowest BCUT2D eigenvalue weighted by Gasteiger charge is -2.13. The molecule has 96 valence electrons. The van der Waals surface area contributed by atoms with Crippen LogP contribution in [0.2, 0.25) is 5.02 Å². The standard InChI is InChI=1S/C13H18ClNO.ClH/c1-8(2)13(16)12(15)7-10-5-4-9(3)11(14)6-10;/h4-6,8,12H,7,15H2,1-3H3;1H/t12-;/m1./s1. The predicted octanol–water partition coefficient (Wildman–Crippen LogP) is 3.17.